The van der Waals surface area contributed by atoms with Gasteiger partial charge in [-0.1, -0.05) is 32.9 Å². The number of amides is 1. The Balaban J connectivity index is 1.64. The molecule has 0 radical (unpaired) electrons. The van der Waals surface area contributed by atoms with E-state index in [9.17, 15) is 10.1 Å². The zero-order valence-electron chi connectivity index (χ0n) is 18.2. The minimum absolute atomic E-state index is 0.187. The molecule has 0 fully saturated rings. The van der Waals surface area contributed by atoms with E-state index in [1.807, 2.05) is 24.3 Å². The molecule has 1 aliphatic rings. The van der Waals surface area contributed by atoms with Crippen molar-refractivity contribution in [1.29, 1.82) is 5.26 Å². The minimum atomic E-state index is -0.332. The molecule has 0 aliphatic heterocycles. The molecule has 0 saturated heterocycles. The van der Waals surface area contributed by atoms with Gasteiger partial charge in [0.2, 0.25) is 5.91 Å². The molecule has 162 valence electrons. The van der Waals surface area contributed by atoms with Gasteiger partial charge in [0.1, 0.15) is 16.8 Å². The number of ether oxygens (including phenoxy) is 1. The lowest BCUT2D eigenvalue weighted by Crippen LogP contribution is -2.32. The Morgan fingerprint density at radius 2 is 2.03 bits per heavy atom. The molecule has 1 aliphatic carbocycles. The first-order valence-electron chi connectivity index (χ1n) is 10.2. The molecule has 1 aromatic heterocycles. The van der Waals surface area contributed by atoms with Gasteiger partial charge in [-0.3, -0.25) is 10.1 Å². The van der Waals surface area contributed by atoms with Gasteiger partial charge in [0.05, 0.1) is 12.7 Å². The van der Waals surface area contributed by atoms with Gasteiger partial charge < -0.3 is 10.1 Å². The highest BCUT2D eigenvalue weighted by Gasteiger charge is 2.32. The van der Waals surface area contributed by atoms with E-state index < -0.39 is 0 Å². The molecule has 1 unspecified atom stereocenters. The van der Waals surface area contributed by atoms with Crippen molar-refractivity contribution in [1.82, 2.24) is 5.32 Å². The van der Waals surface area contributed by atoms with Crippen molar-refractivity contribution in [3.63, 3.8) is 0 Å². The number of nitriles is 1. The Morgan fingerprint density at radius 1 is 1.32 bits per heavy atom. The van der Waals surface area contributed by atoms with Crippen molar-refractivity contribution >= 4 is 45.7 Å². The second-order valence-electron chi connectivity index (χ2n) is 8.68. The smallest absolute Gasteiger partial charge is 0.250 e. The summed E-state index contributed by atoms with van der Waals surface area (Å²) in [4.78, 5) is 13.5. The highest BCUT2D eigenvalue weighted by atomic mass is 32.1. The van der Waals surface area contributed by atoms with E-state index in [1.54, 1.807) is 24.5 Å². The number of rotatable bonds is 4. The second-order valence-corrected chi connectivity index (χ2v) is 10.2. The van der Waals surface area contributed by atoms with E-state index in [0.29, 0.717) is 16.5 Å². The van der Waals surface area contributed by atoms with Crippen LogP contribution in [0.15, 0.2) is 30.3 Å². The monoisotopic (exact) mass is 453 g/mol. The molecule has 3 rings (SSSR count). The summed E-state index contributed by atoms with van der Waals surface area (Å²) in [5.41, 5.74) is 2.89. The van der Waals surface area contributed by atoms with Crippen molar-refractivity contribution in [2.24, 2.45) is 11.3 Å². The molecule has 1 atom stereocenters. The fraction of sp³-hybridized carbons (Fsp3) is 0.375. The number of fused-ring (bicyclic) bond motifs is 1. The number of thiophene rings is 1. The number of carbonyl (C=O) groups excluding carboxylic acids is 1. The number of methoxy groups -OCH3 is 1. The van der Waals surface area contributed by atoms with E-state index in [2.05, 4.69) is 37.5 Å². The second kappa shape index (κ2) is 9.63. The van der Waals surface area contributed by atoms with Crippen LogP contribution in [0.25, 0.3) is 6.08 Å². The minimum Gasteiger partial charge on any atom is -0.497 e. The van der Waals surface area contributed by atoms with E-state index in [0.717, 1.165) is 36.1 Å². The van der Waals surface area contributed by atoms with Gasteiger partial charge in [0.25, 0.3) is 0 Å². The Bertz CT molecular complexity index is 1040. The SMILES string of the molecule is COc1ccc(/C=C/C(=O)NC(=S)Nc2sc3c(c2C#N)CCC(C(C)(C)C)C3)cc1. The normalized spacial score (nSPS) is 15.8. The molecule has 0 bridgehead atoms. The van der Waals surface area contributed by atoms with E-state index in [-0.39, 0.29) is 16.4 Å². The fourth-order valence-electron chi connectivity index (χ4n) is 3.71. The molecule has 0 spiro atoms. The average Bonchev–Trinajstić information content (AvgIpc) is 3.07. The number of hydrogen-bond donors (Lipinski definition) is 2. The maximum absolute atomic E-state index is 12.2. The first kappa shape index (κ1) is 23.0. The number of anilines is 1. The van der Waals surface area contributed by atoms with Crippen molar-refractivity contribution in [3.8, 4) is 11.8 Å². The summed E-state index contributed by atoms with van der Waals surface area (Å²) in [6.45, 7) is 6.81. The van der Waals surface area contributed by atoms with Crippen molar-refractivity contribution in [2.45, 2.75) is 40.0 Å². The van der Waals surface area contributed by atoms with Crippen LogP contribution in [-0.2, 0) is 17.6 Å². The molecule has 0 saturated carbocycles. The lowest BCUT2D eigenvalue weighted by Gasteiger charge is -2.33. The van der Waals surface area contributed by atoms with Gasteiger partial charge >= 0.3 is 0 Å². The van der Waals surface area contributed by atoms with Crippen molar-refractivity contribution < 1.29 is 9.53 Å². The van der Waals surface area contributed by atoms with Crippen LogP contribution in [0.2, 0.25) is 0 Å². The highest BCUT2D eigenvalue weighted by Crippen LogP contribution is 2.43. The van der Waals surface area contributed by atoms with Crippen LogP contribution in [0.3, 0.4) is 0 Å². The van der Waals surface area contributed by atoms with Crippen molar-refractivity contribution in [2.75, 3.05) is 12.4 Å². The van der Waals surface area contributed by atoms with Gasteiger partial charge in [0.15, 0.2) is 5.11 Å². The average molecular weight is 454 g/mol. The summed E-state index contributed by atoms with van der Waals surface area (Å²) in [5, 5.41) is 16.3. The highest BCUT2D eigenvalue weighted by molar-refractivity contribution is 7.80. The van der Waals surface area contributed by atoms with E-state index >= 15 is 0 Å². The molecule has 2 aromatic rings. The van der Waals surface area contributed by atoms with Crippen LogP contribution in [0.4, 0.5) is 5.00 Å². The summed E-state index contributed by atoms with van der Waals surface area (Å²) in [6, 6.07) is 9.70. The summed E-state index contributed by atoms with van der Waals surface area (Å²) in [6.07, 6.45) is 6.09. The predicted molar refractivity (Wildman–Crippen MR) is 130 cm³/mol. The number of carbonyl (C=O) groups is 1. The summed E-state index contributed by atoms with van der Waals surface area (Å²) < 4.78 is 5.12. The molecule has 1 heterocycles. The number of nitrogens with zero attached hydrogens (tertiary/aromatic N) is 1. The van der Waals surface area contributed by atoms with Gasteiger partial charge in [0, 0.05) is 11.0 Å². The van der Waals surface area contributed by atoms with Crippen LogP contribution in [0, 0.1) is 22.7 Å². The van der Waals surface area contributed by atoms with Gasteiger partial charge in [-0.25, -0.2) is 0 Å². The quantitative estimate of drug-likeness (QED) is 0.485. The first-order chi connectivity index (χ1) is 14.7. The third-order valence-corrected chi connectivity index (χ3v) is 6.98. The van der Waals surface area contributed by atoms with Gasteiger partial charge in [-0.05, 0) is 72.1 Å². The Labute approximate surface area is 193 Å². The Morgan fingerprint density at radius 3 is 2.65 bits per heavy atom. The van der Waals surface area contributed by atoms with Crippen LogP contribution in [-0.4, -0.2) is 18.1 Å². The van der Waals surface area contributed by atoms with Gasteiger partial charge in [-0.15, -0.1) is 11.3 Å². The molecular weight excluding hydrogens is 426 g/mol. The summed E-state index contributed by atoms with van der Waals surface area (Å²) in [7, 11) is 1.61. The van der Waals surface area contributed by atoms with Crippen LogP contribution in [0.5, 0.6) is 5.75 Å². The zero-order chi connectivity index (χ0) is 22.6. The predicted octanol–water partition coefficient (Wildman–Crippen LogP) is 5.31. The topological polar surface area (TPSA) is 74.2 Å². The lowest BCUT2D eigenvalue weighted by molar-refractivity contribution is -0.115. The molecule has 31 heavy (non-hydrogen) atoms. The molecular formula is C24H27N3O2S2. The summed E-state index contributed by atoms with van der Waals surface area (Å²) in [5.74, 6) is 1.02. The Hall–Kier alpha value is -2.69. The third-order valence-electron chi connectivity index (χ3n) is 5.61. The fourth-order valence-corrected chi connectivity index (χ4v) is 5.26. The number of benzene rings is 1. The summed E-state index contributed by atoms with van der Waals surface area (Å²) >= 11 is 6.88. The molecule has 2 N–H and O–H groups in total. The largest absolute Gasteiger partial charge is 0.497 e. The number of thiocarbonyl (C=S) groups is 1. The van der Waals surface area contributed by atoms with E-state index in [1.165, 1.54) is 11.0 Å². The van der Waals surface area contributed by atoms with Crippen LogP contribution < -0.4 is 15.4 Å². The standard InChI is InChI=1S/C24H27N3O2S2/c1-24(2,3)16-8-11-18-19(14-25)22(31-20(18)13-16)27-23(30)26-21(28)12-7-15-5-9-17(29-4)10-6-15/h5-7,9-10,12,16H,8,11,13H2,1-4H3,(H2,26,27,28,30)/b12-7+. The maximum Gasteiger partial charge on any atom is 0.250 e. The first-order valence-corrected chi connectivity index (χ1v) is 11.4. The van der Waals surface area contributed by atoms with Crippen molar-refractivity contribution in [3.05, 3.63) is 51.9 Å². The zero-order valence-corrected chi connectivity index (χ0v) is 19.9. The molecule has 5 nitrogen and oxygen atoms in total. The van der Waals surface area contributed by atoms with Gasteiger partial charge in [-0.2, -0.15) is 5.26 Å². The Kier molecular flexibility index (Phi) is 7.14. The van der Waals surface area contributed by atoms with Crippen LogP contribution in [0.1, 0.15) is 48.8 Å². The third kappa shape index (κ3) is 5.72. The molecule has 1 aromatic carbocycles. The molecule has 1 amide bonds. The molecule has 7 heteroatoms. The number of hydrogen-bond acceptors (Lipinski definition) is 5. The lowest BCUT2D eigenvalue weighted by atomic mass is 9.72. The maximum atomic E-state index is 12.2. The number of nitrogens with one attached hydrogen (secondary N) is 2. The van der Waals surface area contributed by atoms with E-state index in [4.69, 9.17) is 17.0 Å². The van der Waals surface area contributed by atoms with Crippen LogP contribution >= 0.6 is 23.6 Å².